The number of hydrogen-bond donors (Lipinski definition) is 0. The Morgan fingerprint density at radius 3 is 2.57 bits per heavy atom. The second kappa shape index (κ2) is 10.1. The summed E-state index contributed by atoms with van der Waals surface area (Å²) in [5.41, 5.74) is 1.96. The molecule has 0 saturated carbocycles. The summed E-state index contributed by atoms with van der Waals surface area (Å²) in [5, 5.41) is 0. The van der Waals surface area contributed by atoms with Crippen molar-refractivity contribution in [1.29, 1.82) is 0 Å². The first-order chi connectivity index (χ1) is 13.7. The van der Waals surface area contributed by atoms with Crippen molar-refractivity contribution in [2.24, 2.45) is 0 Å². The van der Waals surface area contributed by atoms with Crippen LogP contribution in [0.4, 0.5) is 4.79 Å². The van der Waals surface area contributed by atoms with E-state index in [9.17, 15) is 4.79 Å². The normalized spacial score (nSPS) is 19.3. The summed E-state index contributed by atoms with van der Waals surface area (Å²) in [4.78, 5) is 14.2. The van der Waals surface area contributed by atoms with E-state index in [-0.39, 0.29) is 18.8 Å². The SMILES string of the molecule is COc1cccc(COC2CCCN(C(=O)OCc3ccccc3)C2OC)c1. The molecular formula is C22H27NO5. The van der Waals surface area contributed by atoms with Crippen molar-refractivity contribution in [3.05, 3.63) is 65.7 Å². The number of ether oxygens (including phenoxy) is 4. The predicted octanol–water partition coefficient (Wildman–Crippen LogP) is 3.99. The van der Waals surface area contributed by atoms with E-state index in [1.807, 2.05) is 54.6 Å². The standard InChI is InChI=1S/C22H27NO5/c1-25-19-11-6-10-18(14-19)16-27-20-12-7-13-23(21(20)26-2)22(24)28-15-17-8-4-3-5-9-17/h3-6,8-11,14,20-21H,7,12-13,15-16H2,1-2H3. The number of methoxy groups -OCH3 is 2. The summed E-state index contributed by atoms with van der Waals surface area (Å²) in [5.74, 6) is 0.791. The van der Waals surface area contributed by atoms with E-state index in [2.05, 4.69) is 0 Å². The number of nitrogens with zero attached hydrogens (tertiary/aromatic N) is 1. The molecule has 1 fully saturated rings. The number of carbonyl (C=O) groups excluding carboxylic acids is 1. The largest absolute Gasteiger partial charge is 0.497 e. The third kappa shape index (κ3) is 5.24. The lowest BCUT2D eigenvalue weighted by Crippen LogP contribution is -2.52. The average Bonchev–Trinajstić information content (AvgIpc) is 2.76. The van der Waals surface area contributed by atoms with Crippen LogP contribution in [0.3, 0.4) is 0 Å². The van der Waals surface area contributed by atoms with Gasteiger partial charge >= 0.3 is 6.09 Å². The number of likely N-dealkylation sites (tertiary alicyclic amines) is 1. The highest BCUT2D eigenvalue weighted by molar-refractivity contribution is 5.68. The Morgan fingerprint density at radius 2 is 1.82 bits per heavy atom. The number of amides is 1. The number of hydrogen-bond acceptors (Lipinski definition) is 5. The lowest BCUT2D eigenvalue weighted by molar-refractivity contribution is -0.146. The lowest BCUT2D eigenvalue weighted by Gasteiger charge is -2.39. The number of piperidine rings is 1. The summed E-state index contributed by atoms with van der Waals surface area (Å²) in [6.07, 6.45) is 0.593. The Bertz CT molecular complexity index is 752. The molecule has 0 N–H and O–H groups in total. The van der Waals surface area contributed by atoms with Crippen LogP contribution in [0.5, 0.6) is 5.75 Å². The molecule has 2 unspecified atom stereocenters. The minimum Gasteiger partial charge on any atom is -0.497 e. The average molecular weight is 385 g/mol. The molecule has 2 atom stereocenters. The van der Waals surface area contributed by atoms with Gasteiger partial charge in [0.05, 0.1) is 13.7 Å². The van der Waals surface area contributed by atoms with Gasteiger partial charge in [-0.2, -0.15) is 0 Å². The summed E-state index contributed by atoms with van der Waals surface area (Å²) in [6, 6.07) is 17.4. The maximum absolute atomic E-state index is 12.6. The molecule has 0 aromatic heterocycles. The first-order valence-electron chi connectivity index (χ1n) is 9.46. The van der Waals surface area contributed by atoms with E-state index in [0.29, 0.717) is 13.2 Å². The van der Waals surface area contributed by atoms with Gasteiger partial charge in [-0.3, -0.25) is 4.90 Å². The van der Waals surface area contributed by atoms with Crippen molar-refractivity contribution < 1.29 is 23.7 Å². The third-order valence-electron chi connectivity index (χ3n) is 4.79. The molecule has 1 saturated heterocycles. The molecule has 1 aliphatic heterocycles. The minimum atomic E-state index is -0.470. The Labute approximate surface area is 166 Å². The molecular weight excluding hydrogens is 358 g/mol. The van der Waals surface area contributed by atoms with Crippen molar-refractivity contribution in [3.63, 3.8) is 0 Å². The van der Waals surface area contributed by atoms with Crippen LogP contribution in [0.2, 0.25) is 0 Å². The van der Waals surface area contributed by atoms with Crippen LogP contribution in [0.1, 0.15) is 24.0 Å². The molecule has 6 heteroatoms. The zero-order chi connectivity index (χ0) is 19.8. The molecule has 2 aromatic carbocycles. The first kappa shape index (κ1) is 20.2. The fourth-order valence-corrected chi connectivity index (χ4v) is 3.34. The van der Waals surface area contributed by atoms with Crippen LogP contribution < -0.4 is 4.74 Å². The second-order valence-electron chi connectivity index (χ2n) is 6.70. The van der Waals surface area contributed by atoms with Crippen LogP contribution in [0.25, 0.3) is 0 Å². The topological polar surface area (TPSA) is 57.2 Å². The molecule has 150 valence electrons. The highest BCUT2D eigenvalue weighted by Gasteiger charge is 2.36. The van der Waals surface area contributed by atoms with E-state index < -0.39 is 6.23 Å². The van der Waals surface area contributed by atoms with E-state index in [1.54, 1.807) is 19.1 Å². The highest BCUT2D eigenvalue weighted by Crippen LogP contribution is 2.24. The van der Waals surface area contributed by atoms with Crippen LogP contribution in [-0.4, -0.2) is 44.1 Å². The fraction of sp³-hybridized carbons (Fsp3) is 0.409. The Balaban J connectivity index is 1.57. The summed E-state index contributed by atoms with van der Waals surface area (Å²) < 4.78 is 22.4. The molecule has 0 aliphatic carbocycles. The molecule has 1 heterocycles. The molecule has 6 nitrogen and oxygen atoms in total. The van der Waals surface area contributed by atoms with E-state index in [1.165, 1.54) is 0 Å². The number of rotatable bonds is 7. The van der Waals surface area contributed by atoms with E-state index in [0.717, 1.165) is 29.7 Å². The summed E-state index contributed by atoms with van der Waals surface area (Å²) in [6.45, 7) is 1.25. The molecule has 0 bridgehead atoms. The van der Waals surface area contributed by atoms with Crippen molar-refractivity contribution >= 4 is 6.09 Å². The van der Waals surface area contributed by atoms with Gasteiger partial charge in [0.15, 0.2) is 6.23 Å². The maximum atomic E-state index is 12.6. The van der Waals surface area contributed by atoms with Gasteiger partial charge in [-0.15, -0.1) is 0 Å². The molecule has 3 rings (SSSR count). The van der Waals surface area contributed by atoms with Gasteiger partial charge in [0.1, 0.15) is 18.5 Å². The van der Waals surface area contributed by atoms with Gasteiger partial charge in [-0.25, -0.2) is 4.79 Å². The molecule has 0 radical (unpaired) electrons. The van der Waals surface area contributed by atoms with Crippen molar-refractivity contribution in [3.8, 4) is 5.75 Å². The van der Waals surface area contributed by atoms with Crippen LogP contribution in [0, 0.1) is 0 Å². The second-order valence-corrected chi connectivity index (χ2v) is 6.70. The van der Waals surface area contributed by atoms with Crippen LogP contribution >= 0.6 is 0 Å². The summed E-state index contributed by atoms with van der Waals surface area (Å²) >= 11 is 0. The number of benzene rings is 2. The quantitative estimate of drug-likeness (QED) is 0.721. The summed E-state index contributed by atoms with van der Waals surface area (Å²) in [7, 11) is 3.23. The zero-order valence-electron chi connectivity index (χ0n) is 16.4. The van der Waals surface area contributed by atoms with Gasteiger partial charge in [-0.05, 0) is 36.1 Å². The van der Waals surface area contributed by atoms with Crippen molar-refractivity contribution in [2.75, 3.05) is 20.8 Å². The van der Waals surface area contributed by atoms with Gasteiger partial charge in [0, 0.05) is 13.7 Å². The van der Waals surface area contributed by atoms with Gasteiger partial charge < -0.3 is 18.9 Å². The highest BCUT2D eigenvalue weighted by atomic mass is 16.6. The predicted molar refractivity (Wildman–Crippen MR) is 105 cm³/mol. The van der Waals surface area contributed by atoms with Gasteiger partial charge in [0.25, 0.3) is 0 Å². The van der Waals surface area contributed by atoms with E-state index >= 15 is 0 Å². The van der Waals surface area contributed by atoms with Gasteiger partial charge in [0.2, 0.25) is 0 Å². The first-order valence-corrected chi connectivity index (χ1v) is 9.46. The van der Waals surface area contributed by atoms with Crippen molar-refractivity contribution in [1.82, 2.24) is 4.90 Å². The van der Waals surface area contributed by atoms with Crippen molar-refractivity contribution in [2.45, 2.75) is 38.4 Å². The van der Waals surface area contributed by atoms with Crippen LogP contribution in [0.15, 0.2) is 54.6 Å². The Hall–Kier alpha value is -2.57. The number of carbonyl (C=O) groups is 1. The van der Waals surface area contributed by atoms with Gasteiger partial charge in [-0.1, -0.05) is 42.5 Å². The smallest absolute Gasteiger partial charge is 0.412 e. The molecule has 28 heavy (non-hydrogen) atoms. The molecule has 0 spiro atoms. The lowest BCUT2D eigenvalue weighted by atomic mass is 10.1. The maximum Gasteiger partial charge on any atom is 0.412 e. The molecule has 2 aromatic rings. The van der Waals surface area contributed by atoms with E-state index in [4.69, 9.17) is 18.9 Å². The zero-order valence-corrected chi connectivity index (χ0v) is 16.4. The molecule has 1 amide bonds. The van der Waals surface area contributed by atoms with Crippen LogP contribution in [-0.2, 0) is 27.4 Å². The minimum absolute atomic E-state index is 0.214. The molecule has 1 aliphatic rings. The fourth-order valence-electron chi connectivity index (χ4n) is 3.34. The Kier molecular flexibility index (Phi) is 7.28. The monoisotopic (exact) mass is 385 g/mol. The third-order valence-corrected chi connectivity index (χ3v) is 4.79. The Morgan fingerprint density at radius 1 is 1.04 bits per heavy atom.